The first-order chi connectivity index (χ1) is 11.0. The monoisotopic (exact) mass is 316 g/mol. The number of carbonyl (C=O) groups excluding carboxylic acids is 1. The van der Waals surface area contributed by atoms with Crippen LogP contribution < -0.4 is 10.6 Å². The Balaban J connectivity index is 1.85. The zero-order chi connectivity index (χ0) is 16.7. The van der Waals surface area contributed by atoms with Gasteiger partial charge >= 0.3 is 0 Å². The molecule has 1 aromatic heterocycles. The molecular weight excluding hydrogens is 295 g/mol. The maximum Gasteiger partial charge on any atom is 0.228 e. The van der Waals surface area contributed by atoms with E-state index in [4.69, 9.17) is 0 Å². The molecule has 1 aromatic carbocycles. The van der Waals surface area contributed by atoms with Crippen LogP contribution in [0.1, 0.15) is 5.56 Å². The van der Waals surface area contributed by atoms with Gasteiger partial charge < -0.3 is 15.5 Å². The normalized spacial score (nSPS) is 10.6. The lowest BCUT2D eigenvalue weighted by molar-refractivity contribution is -0.115. The Kier molecular flexibility index (Phi) is 6.05. The number of amides is 1. The average Bonchev–Trinajstić information content (AvgIpc) is 2.51. The molecule has 23 heavy (non-hydrogen) atoms. The van der Waals surface area contributed by atoms with E-state index >= 15 is 0 Å². The third-order valence-corrected chi connectivity index (χ3v) is 3.22. The van der Waals surface area contributed by atoms with Crippen LogP contribution in [0.15, 0.2) is 42.6 Å². The van der Waals surface area contributed by atoms with Gasteiger partial charge in [-0.1, -0.05) is 18.2 Å². The third kappa shape index (κ3) is 5.67. The molecule has 0 spiro atoms. The quantitative estimate of drug-likeness (QED) is 0.823. The Morgan fingerprint density at radius 1 is 1.22 bits per heavy atom. The van der Waals surface area contributed by atoms with E-state index in [1.54, 1.807) is 36.5 Å². The van der Waals surface area contributed by atoms with Crippen molar-refractivity contribution >= 4 is 17.4 Å². The summed E-state index contributed by atoms with van der Waals surface area (Å²) in [6.07, 6.45) is 1.58. The number of nitrogens with zero attached hydrogens (tertiary/aromatic N) is 2. The number of rotatable bonds is 7. The van der Waals surface area contributed by atoms with E-state index in [-0.39, 0.29) is 18.1 Å². The predicted molar refractivity (Wildman–Crippen MR) is 90.0 cm³/mol. The molecule has 0 aliphatic heterocycles. The standard InChI is InChI=1S/C17H21FN4O/c1-22(2)10-9-19-16-8-7-14(12-20-16)21-17(23)11-13-5-3-4-6-15(13)18/h3-8,12H,9-11H2,1-2H3,(H,19,20)(H,21,23). The van der Waals surface area contributed by atoms with Crippen LogP contribution in [0.25, 0.3) is 0 Å². The molecular formula is C17H21FN4O. The van der Waals surface area contributed by atoms with E-state index in [0.717, 1.165) is 18.9 Å². The fourth-order valence-corrected chi connectivity index (χ4v) is 2.00. The zero-order valence-corrected chi connectivity index (χ0v) is 13.3. The molecule has 5 nitrogen and oxygen atoms in total. The van der Waals surface area contributed by atoms with Gasteiger partial charge in [0.15, 0.2) is 0 Å². The maximum atomic E-state index is 13.5. The van der Waals surface area contributed by atoms with Gasteiger partial charge in [0.05, 0.1) is 18.3 Å². The van der Waals surface area contributed by atoms with E-state index in [2.05, 4.69) is 20.5 Å². The second-order valence-electron chi connectivity index (χ2n) is 5.48. The molecule has 2 aromatic rings. The minimum atomic E-state index is -0.374. The van der Waals surface area contributed by atoms with Crippen molar-refractivity contribution in [2.75, 3.05) is 37.8 Å². The van der Waals surface area contributed by atoms with Gasteiger partial charge in [-0.2, -0.15) is 0 Å². The molecule has 1 heterocycles. The van der Waals surface area contributed by atoms with Crippen LogP contribution >= 0.6 is 0 Å². The summed E-state index contributed by atoms with van der Waals surface area (Å²) in [5.74, 6) is 0.102. The van der Waals surface area contributed by atoms with Crippen LogP contribution in [-0.2, 0) is 11.2 Å². The largest absolute Gasteiger partial charge is 0.369 e. The zero-order valence-electron chi connectivity index (χ0n) is 13.3. The van der Waals surface area contributed by atoms with Crippen LogP contribution in [0.2, 0.25) is 0 Å². The topological polar surface area (TPSA) is 57.3 Å². The van der Waals surface area contributed by atoms with Gasteiger partial charge in [0.1, 0.15) is 11.6 Å². The van der Waals surface area contributed by atoms with E-state index in [0.29, 0.717) is 11.3 Å². The third-order valence-electron chi connectivity index (χ3n) is 3.22. The van der Waals surface area contributed by atoms with Crippen molar-refractivity contribution in [2.45, 2.75) is 6.42 Å². The van der Waals surface area contributed by atoms with Crippen molar-refractivity contribution in [1.29, 1.82) is 0 Å². The smallest absolute Gasteiger partial charge is 0.228 e. The first kappa shape index (κ1) is 16.9. The van der Waals surface area contributed by atoms with Crippen molar-refractivity contribution in [2.24, 2.45) is 0 Å². The van der Waals surface area contributed by atoms with E-state index < -0.39 is 0 Å². The molecule has 2 N–H and O–H groups in total. The molecule has 122 valence electrons. The number of carbonyl (C=O) groups is 1. The summed E-state index contributed by atoms with van der Waals surface area (Å²) in [6, 6.07) is 9.83. The molecule has 0 aliphatic carbocycles. The highest BCUT2D eigenvalue weighted by Crippen LogP contribution is 2.12. The molecule has 0 atom stereocenters. The number of aromatic nitrogens is 1. The van der Waals surface area contributed by atoms with Crippen LogP contribution in [0, 0.1) is 5.82 Å². The van der Waals surface area contributed by atoms with Crippen molar-refractivity contribution in [3.63, 3.8) is 0 Å². The average molecular weight is 316 g/mol. The summed E-state index contributed by atoms with van der Waals surface area (Å²) < 4.78 is 13.5. The minimum absolute atomic E-state index is 0.00445. The van der Waals surface area contributed by atoms with Crippen molar-refractivity contribution in [1.82, 2.24) is 9.88 Å². The van der Waals surface area contributed by atoms with E-state index in [9.17, 15) is 9.18 Å². The molecule has 0 saturated heterocycles. The summed E-state index contributed by atoms with van der Waals surface area (Å²) in [6.45, 7) is 1.70. The lowest BCUT2D eigenvalue weighted by Gasteiger charge is -2.11. The van der Waals surface area contributed by atoms with Gasteiger partial charge in [0.2, 0.25) is 5.91 Å². The van der Waals surface area contributed by atoms with Gasteiger partial charge in [0, 0.05) is 13.1 Å². The maximum absolute atomic E-state index is 13.5. The number of hydrogen-bond acceptors (Lipinski definition) is 4. The highest BCUT2D eigenvalue weighted by Gasteiger charge is 2.08. The number of nitrogens with one attached hydrogen (secondary N) is 2. The minimum Gasteiger partial charge on any atom is -0.369 e. The second kappa shape index (κ2) is 8.24. The molecule has 0 unspecified atom stereocenters. The molecule has 0 aliphatic rings. The summed E-state index contributed by atoms with van der Waals surface area (Å²) >= 11 is 0. The lowest BCUT2D eigenvalue weighted by Crippen LogP contribution is -2.21. The number of hydrogen-bond donors (Lipinski definition) is 2. The summed E-state index contributed by atoms with van der Waals surface area (Å²) in [7, 11) is 4.01. The fraction of sp³-hybridized carbons (Fsp3) is 0.294. The molecule has 0 bridgehead atoms. The second-order valence-corrected chi connectivity index (χ2v) is 5.48. The molecule has 6 heteroatoms. The van der Waals surface area contributed by atoms with Crippen LogP contribution in [-0.4, -0.2) is 43.0 Å². The van der Waals surface area contributed by atoms with E-state index in [1.165, 1.54) is 6.07 Å². The molecule has 0 fully saturated rings. The van der Waals surface area contributed by atoms with Gasteiger partial charge in [-0.05, 0) is 37.9 Å². The van der Waals surface area contributed by atoms with Gasteiger partial charge in [0.25, 0.3) is 0 Å². The summed E-state index contributed by atoms with van der Waals surface area (Å²) in [5, 5.41) is 5.90. The Morgan fingerprint density at radius 3 is 2.65 bits per heavy atom. The summed E-state index contributed by atoms with van der Waals surface area (Å²) in [5.41, 5.74) is 0.962. The van der Waals surface area contributed by atoms with Crippen LogP contribution in [0.4, 0.5) is 15.9 Å². The highest BCUT2D eigenvalue weighted by molar-refractivity contribution is 5.92. The lowest BCUT2D eigenvalue weighted by atomic mass is 10.1. The number of halogens is 1. The predicted octanol–water partition coefficient (Wildman–Crippen LogP) is 2.38. The molecule has 1 amide bonds. The van der Waals surface area contributed by atoms with Gasteiger partial charge in [-0.15, -0.1) is 0 Å². The van der Waals surface area contributed by atoms with Gasteiger partial charge in [-0.3, -0.25) is 4.79 Å². The SMILES string of the molecule is CN(C)CCNc1ccc(NC(=O)Cc2ccccc2F)cn1. The Labute approximate surface area is 135 Å². The number of benzene rings is 1. The Bertz CT molecular complexity index is 643. The fourth-order valence-electron chi connectivity index (χ4n) is 2.00. The first-order valence-electron chi connectivity index (χ1n) is 7.42. The number of anilines is 2. The summed E-state index contributed by atoms with van der Waals surface area (Å²) in [4.78, 5) is 18.2. The van der Waals surface area contributed by atoms with Crippen molar-refractivity contribution < 1.29 is 9.18 Å². The molecule has 0 saturated carbocycles. The van der Waals surface area contributed by atoms with Crippen LogP contribution in [0.3, 0.4) is 0 Å². The van der Waals surface area contributed by atoms with Gasteiger partial charge in [-0.25, -0.2) is 9.37 Å². The number of pyridine rings is 1. The highest BCUT2D eigenvalue weighted by atomic mass is 19.1. The molecule has 0 radical (unpaired) electrons. The van der Waals surface area contributed by atoms with Crippen LogP contribution in [0.5, 0.6) is 0 Å². The van der Waals surface area contributed by atoms with E-state index in [1.807, 2.05) is 14.1 Å². The Morgan fingerprint density at radius 2 is 2.00 bits per heavy atom. The number of likely N-dealkylation sites (N-methyl/N-ethyl adjacent to an activating group) is 1. The Hall–Kier alpha value is -2.47. The van der Waals surface area contributed by atoms with Crippen molar-refractivity contribution in [3.8, 4) is 0 Å². The first-order valence-corrected chi connectivity index (χ1v) is 7.42. The molecule has 2 rings (SSSR count). The van der Waals surface area contributed by atoms with Crippen molar-refractivity contribution in [3.05, 3.63) is 54.0 Å².